The van der Waals surface area contributed by atoms with Crippen molar-refractivity contribution in [3.63, 3.8) is 0 Å². The molecule has 0 unspecified atom stereocenters. The molecule has 4 rings (SSSR count). The van der Waals surface area contributed by atoms with Gasteiger partial charge in [0.1, 0.15) is 33.4 Å². The lowest BCUT2D eigenvalue weighted by atomic mass is 10.0. The number of fused-ring (bicyclic) bond motifs is 1. The molecule has 154 valence electrons. The van der Waals surface area contributed by atoms with Crippen LogP contribution in [0.1, 0.15) is 53.8 Å². The molecule has 2 N–H and O–H groups in total. The molecule has 8 heteroatoms. The highest BCUT2D eigenvalue weighted by Crippen LogP contribution is 2.36. The maximum absolute atomic E-state index is 13.1. The van der Waals surface area contributed by atoms with Gasteiger partial charge in [0, 0.05) is 6.07 Å². The standard InChI is InChI=1S/C15H12FN3O3S.C6H12/c1-7-11-13(19-9-4-3-8(16)5-10(9)20)17-6-18-14(11)23-12(7)15(21)22-2;1-2-4-6-5-3-1/h3-6,20H,1-2H3,(H,17,18,19);1-6H2. The third-order valence-corrected chi connectivity index (χ3v) is 5.99. The van der Waals surface area contributed by atoms with E-state index >= 15 is 0 Å². The van der Waals surface area contributed by atoms with Gasteiger partial charge in [0.15, 0.2) is 0 Å². The molecule has 0 saturated heterocycles. The molecule has 0 aliphatic heterocycles. The van der Waals surface area contributed by atoms with E-state index in [1.807, 2.05) is 0 Å². The zero-order valence-electron chi connectivity index (χ0n) is 16.5. The average molecular weight is 418 g/mol. The van der Waals surface area contributed by atoms with E-state index in [4.69, 9.17) is 4.74 Å². The Morgan fingerprint density at radius 2 is 1.83 bits per heavy atom. The topological polar surface area (TPSA) is 84.3 Å². The van der Waals surface area contributed by atoms with Crippen molar-refractivity contribution in [3.05, 3.63) is 40.8 Å². The van der Waals surface area contributed by atoms with Crippen molar-refractivity contribution in [2.24, 2.45) is 0 Å². The molecule has 6 nitrogen and oxygen atoms in total. The van der Waals surface area contributed by atoms with Gasteiger partial charge in [-0.1, -0.05) is 38.5 Å². The van der Waals surface area contributed by atoms with Gasteiger partial charge in [0.05, 0.1) is 18.2 Å². The van der Waals surface area contributed by atoms with Crippen LogP contribution in [0.5, 0.6) is 5.75 Å². The third kappa shape index (κ3) is 5.00. The lowest BCUT2D eigenvalue weighted by Gasteiger charge is -2.09. The number of phenols is 1. The van der Waals surface area contributed by atoms with Gasteiger partial charge in [0.2, 0.25) is 0 Å². The van der Waals surface area contributed by atoms with Crippen molar-refractivity contribution >= 4 is 39.0 Å². The number of hydrogen-bond donors (Lipinski definition) is 2. The number of aromatic hydroxyl groups is 1. The van der Waals surface area contributed by atoms with E-state index in [1.165, 1.54) is 75.4 Å². The minimum atomic E-state index is -0.541. The van der Waals surface area contributed by atoms with Crippen LogP contribution in [0.3, 0.4) is 0 Å². The normalized spacial score (nSPS) is 13.5. The van der Waals surface area contributed by atoms with E-state index in [9.17, 15) is 14.3 Å². The number of nitrogens with zero attached hydrogens (tertiary/aromatic N) is 2. The van der Waals surface area contributed by atoms with Crippen LogP contribution in [-0.4, -0.2) is 28.2 Å². The predicted octanol–water partition coefficient (Wildman–Crippen LogP) is 5.72. The van der Waals surface area contributed by atoms with Gasteiger partial charge in [-0.2, -0.15) is 0 Å². The SMILES string of the molecule is C1CCCCC1.COC(=O)c1sc2ncnc(Nc3ccc(F)cc3O)c2c1C. The monoisotopic (exact) mass is 417 g/mol. The minimum Gasteiger partial charge on any atom is -0.506 e. The number of benzene rings is 1. The van der Waals surface area contributed by atoms with E-state index in [1.54, 1.807) is 6.92 Å². The van der Waals surface area contributed by atoms with Crippen LogP contribution in [0, 0.1) is 12.7 Å². The Bertz CT molecular complexity index is 991. The number of carbonyl (C=O) groups is 1. The summed E-state index contributed by atoms with van der Waals surface area (Å²) in [6.07, 6.45) is 10.3. The predicted molar refractivity (Wildman–Crippen MR) is 113 cm³/mol. The van der Waals surface area contributed by atoms with E-state index in [-0.39, 0.29) is 5.75 Å². The van der Waals surface area contributed by atoms with Crippen LogP contribution in [0.15, 0.2) is 24.5 Å². The van der Waals surface area contributed by atoms with Crippen molar-refractivity contribution in [1.29, 1.82) is 0 Å². The lowest BCUT2D eigenvalue weighted by Crippen LogP contribution is -2.00. The summed E-state index contributed by atoms with van der Waals surface area (Å²) in [7, 11) is 1.31. The Balaban J connectivity index is 0.000000343. The fraction of sp³-hybridized carbons (Fsp3) is 0.381. The van der Waals surface area contributed by atoms with Gasteiger partial charge in [0.25, 0.3) is 0 Å². The van der Waals surface area contributed by atoms with Gasteiger partial charge in [-0.3, -0.25) is 0 Å². The number of methoxy groups -OCH3 is 1. The van der Waals surface area contributed by atoms with Gasteiger partial charge < -0.3 is 15.2 Å². The number of thiophene rings is 1. The first-order chi connectivity index (χ1) is 14.0. The summed E-state index contributed by atoms with van der Waals surface area (Å²) < 4.78 is 17.8. The second kappa shape index (κ2) is 9.65. The molecule has 0 atom stereocenters. The Morgan fingerprint density at radius 3 is 2.41 bits per heavy atom. The van der Waals surface area contributed by atoms with Gasteiger partial charge in [-0.05, 0) is 24.6 Å². The van der Waals surface area contributed by atoms with Crippen LogP contribution in [0.4, 0.5) is 15.9 Å². The summed E-state index contributed by atoms with van der Waals surface area (Å²) in [5.74, 6) is -0.805. The molecule has 1 fully saturated rings. The molecule has 0 radical (unpaired) electrons. The number of aromatic nitrogens is 2. The zero-order chi connectivity index (χ0) is 20.8. The molecule has 1 aliphatic rings. The lowest BCUT2D eigenvalue weighted by molar-refractivity contribution is 0.0605. The summed E-state index contributed by atoms with van der Waals surface area (Å²) in [6, 6.07) is 3.63. The molecule has 3 aromatic rings. The number of halogens is 1. The fourth-order valence-electron chi connectivity index (χ4n) is 3.25. The maximum Gasteiger partial charge on any atom is 0.348 e. The van der Waals surface area contributed by atoms with E-state index in [2.05, 4.69) is 15.3 Å². The number of phenolic OH excluding ortho intramolecular Hbond substituents is 1. The molecule has 1 aliphatic carbocycles. The van der Waals surface area contributed by atoms with Crippen LogP contribution in [-0.2, 0) is 4.74 Å². The van der Waals surface area contributed by atoms with Crippen LogP contribution >= 0.6 is 11.3 Å². The molecular formula is C21H24FN3O3S. The van der Waals surface area contributed by atoms with Gasteiger partial charge in [-0.15, -0.1) is 11.3 Å². The second-order valence-electron chi connectivity index (χ2n) is 6.86. The summed E-state index contributed by atoms with van der Waals surface area (Å²) in [4.78, 5) is 21.2. The molecule has 29 heavy (non-hydrogen) atoms. The van der Waals surface area contributed by atoms with Crippen LogP contribution in [0.25, 0.3) is 10.2 Å². The Kier molecular flexibility index (Phi) is 6.98. The number of ether oxygens (including phenoxy) is 1. The first-order valence-corrected chi connectivity index (χ1v) is 10.4. The Morgan fingerprint density at radius 1 is 1.17 bits per heavy atom. The maximum atomic E-state index is 13.1. The van der Waals surface area contributed by atoms with Crippen molar-refractivity contribution in [3.8, 4) is 5.75 Å². The summed E-state index contributed by atoms with van der Waals surface area (Å²) in [6.45, 7) is 1.77. The zero-order valence-corrected chi connectivity index (χ0v) is 17.3. The number of rotatable bonds is 3. The molecule has 1 aromatic carbocycles. The number of aryl methyl sites for hydroxylation is 1. The first kappa shape index (κ1) is 21.0. The number of nitrogens with one attached hydrogen (secondary N) is 1. The Labute approximate surface area is 172 Å². The molecule has 0 spiro atoms. The highest BCUT2D eigenvalue weighted by atomic mass is 32.1. The summed E-state index contributed by atoms with van der Waals surface area (Å²) in [5.41, 5.74) is 0.984. The first-order valence-electron chi connectivity index (χ1n) is 9.59. The largest absolute Gasteiger partial charge is 0.506 e. The molecule has 0 amide bonds. The fourth-order valence-corrected chi connectivity index (χ4v) is 4.32. The number of carbonyl (C=O) groups excluding carboxylic acids is 1. The van der Waals surface area contributed by atoms with Gasteiger partial charge >= 0.3 is 5.97 Å². The van der Waals surface area contributed by atoms with Crippen molar-refractivity contribution < 1.29 is 19.0 Å². The van der Waals surface area contributed by atoms with Crippen molar-refractivity contribution in [2.45, 2.75) is 45.4 Å². The highest BCUT2D eigenvalue weighted by Gasteiger charge is 2.20. The summed E-state index contributed by atoms with van der Waals surface area (Å²) >= 11 is 1.20. The minimum absolute atomic E-state index is 0.238. The van der Waals surface area contributed by atoms with Crippen LogP contribution < -0.4 is 5.32 Å². The molecule has 0 bridgehead atoms. The number of anilines is 2. The molecule has 1 saturated carbocycles. The van der Waals surface area contributed by atoms with Crippen LogP contribution in [0.2, 0.25) is 0 Å². The molecule has 2 heterocycles. The number of esters is 1. The third-order valence-electron chi connectivity index (χ3n) is 4.81. The van der Waals surface area contributed by atoms with Crippen molar-refractivity contribution in [2.75, 3.05) is 12.4 Å². The van der Waals surface area contributed by atoms with E-state index in [0.29, 0.717) is 32.2 Å². The second-order valence-corrected chi connectivity index (χ2v) is 7.86. The van der Waals surface area contributed by atoms with Crippen molar-refractivity contribution in [1.82, 2.24) is 9.97 Å². The number of hydrogen-bond acceptors (Lipinski definition) is 7. The molecule has 2 aromatic heterocycles. The van der Waals surface area contributed by atoms with Gasteiger partial charge in [-0.25, -0.2) is 19.2 Å². The summed E-state index contributed by atoms with van der Waals surface area (Å²) in [5, 5.41) is 13.4. The quantitative estimate of drug-likeness (QED) is 0.419. The van der Waals surface area contributed by atoms with E-state index in [0.717, 1.165) is 6.07 Å². The highest BCUT2D eigenvalue weighted by molar-refractivity contribution is 7.20. The van der Waals surface area contributed by atoms with E-state index < -0.39 is 11.8 Å². The smallest absolute Gasteiger partial charge is 0.348 e. The molecular weight excluding hydrogens is 393 g/mol. The Hall–Kier alpha value is -2.74. The average Bonchev–Trinajstić information content (AvgIpc) is 3.09.